The monoisotopic (exact) mass is 444 g/mol. The van der Waals surface area contributed by atoms with Gasteiger partial charge in [-0.15, -0.1) is 5.69 Å². The van der Waals surface area contributed by atoms with Crippen LogP contribution in [0, 0.1) is 44.1 Å². The van der Waals surface area contributed by atoms with E-state index in [4.69, 9.17) is 5.73 Å². The second-order valence-corrected chi connectivity index (χ2v) is 4.20. The first-order chi connectivity index (χ1) is 7.74. The van der Waals surface area contributed by atoms with Crippen LogP contribution in [0.15, 0.2) is 18.2 Å². The van der Waals surface area contributed by atoms with Gasteiger partial charge in [0.05, 0.1) is 0 Å². The Hall–Kier alpha value is -0.0684. The average molecular weight is 444 g/mol. The Balaban J connectivity index is 0.00000144. The molecule has 1 aromatic carbocycles. The fourth-order valence-electron chi connectivity index (χ4n) is 2.23. The van der Waals surface area contributed by atoms with Crippen LogP contribution in [-0.4, -0.2) is 12.5 Å². The summed E-state index contributed by atoms with van der Waals surface area (Å²) in [6.07, 6.45) is 3.37. The molecule has 0 spiro atoms. The van der Waals surface area contributed by atoms with Crippen molar-refractivity contribution in [2.45, 2.75) is 32.6 Å². The van der Waals surface area contributed by atoms with Crippen LogP contribution in [0.4, 0.5) is 11.4 Å². The fourth-order valence-corrected chi connectivity index (χ4v) is 2.23. The summed E-state index contributed by atoms with van der Waals surface area (Å²) in [6, 6.07) is 5.62. The molecule has 0 atom stereocenters. The quantitative estimate of drug-likeness (QED) is 0.690. The van der Waals surface area contributed by atoms with Crippen LogP contribution in [-0.2, 0) is 11.2 Å². The van der Waals surface area contributed by atoms with E-state index < -0.39 is 0 Å². The molecule has 1 amide bonds. The number of carbonyl (C=O) groups excluding carboxylic acids is 1. The van der Waals surface area contributed by atoms with Gasteiger partial charge in [-0.1, -0.05) is 19.1 Å². The molecular formula is C13H17AcN2O-. The Kier molecular flexibility index (Phi) is 5.96. The first-order valence-electron chi connectivity index (χ1n) is 5.88. The predicted octanol–water partition coefficient (Wildman–Crippen LogP) is 3.45. The van der Waals surface area contributed by atoms with Crippen molar-refractivity contribution < 1.29 is 48.9 Å². The van der Waals surface area contributed by atoms with Gasteiger partial charge in [0.25, 0.3) is 0 Å². The Morgan fingerprint density at radius 3 is 2.94 bits per heavy atom. The van der Waals surface area contributed by atoms with Crippen LogP contribution in [0.1, 0.15) is 31.7 Å². The summed E-state index contributed by atoms with van der Waals surface area (Å²) in [4.78, 5) is 13.8. The van der Waals surface area contributed by atoms with E-state index in [0.29, 0.717) is 12.1 Å². The molecule has 0 unspecified atom stereocenters. The summed E-state index contributed by atoms with van der Waals surface area (Å²) in [5, 5.41) is 0. The summed E-state index contributed by atoms with van der Waals surface area (Å²) in [7, 11) is 0. The first-order valence-corrected chi connectivity index (χ1v) is 5.88. The third kappa shape index (κ3) is 3.23. The van der Waals surface area contributed by atoms with E-state index in [0.717, 1.165) is 37.1 Å². The smallest absolute Gasteiger partial charge is 0.226 e. The Morgan fingerprint density at radius 2 is 2.24 bits per heavy atom. The van der Waals surface area contributed by atoms with Gasteiger partial charge in [0, 0.05) is 62.7 Å². The van der Waals surface area contributed by atoms with Crippen molar-refractivity contribution in [3.63, 3.8) is 0 Å². The fraction of sp³-hybridized carbons (Fsp3) is 0.462. The zero-order valence-electron chi connectivity index (χ0n) is 10.2. The molecule has 3 nitrogen and oxygen atoms in total. The van der Waals surface area contributed by atoms with E-state index in [-0.39, 0.29) is 50.0 Å². The van der Waals surface area contributed by atoms with Gasteiger partial charge >= 0.3 is 0 Å². The second-order valence-electron chi connectivity index (χ2n) is 4.20. The molecule has 2 rings (SSSR count). The molecule has 89 valence electrons. The molecule has 0 bridgehead atoms. The maximum absolute atomic E-state index is 11.9. The van der Waals surface area contributed by atoms with Crippen LogP contribution < -0.4 is 4.90 Å². The Bertz CT molecular complexity index is 406. The van der Waals surface area contributed by atoms with Gasteiger partial charge in [-0.25, -0.2) is 0 Å². The van der Waals surface area contributed by atoms with Crippen LogP contribution in [0.25, 0.3) is 5.73 Å². The average Bonchev–Trinajstić information content (AvgIpc) is 2.29. The number of hydrogen-bond acceptors (Lipinski definition) is 1. The number of nitrogens with zero attached hydrogens (tertiary/aromatic N) is 1. The van der Waals surface area contributed by atoms with Gasteiger partial charge in [0.15, 0.2) is 0 Å². The van der Waals surface area contributed by atoms with Gasteiger partial charge < -0.3 is 10.6 Å². The third-order valence-electron chi connectivity index (χ3n) is 3.02. The van der Waals surface area contributed by atoms with E-state index in [1.807, 2.05) is 24.0 Å². The predicted molar refractivity (Wildman–Crippen MR) is 66.0 cm³/mol. The van der Waals surface area contributed by atoms with Crippen molar-refractivity contribution in [1.29, 1.82) is 0 Å². The number of amides is 1. The molecule has 1 heterocycles. The topological polar surface area (TPSA) is 44.1 Å². The zero-order chi connectivity index (χ0) is 11.5. The Morgan fingerprint density at radius 1 is 1.47 bits per heavy atom. The molecule has 1 aliphatic heterocycles. The largest absolute Gasteiger partial charge is 0.698 e. The molecule has 0 aromatic heterocycles. The molecular weight excluding hydrogens is 427 g/mol. The molecule has 1 aliphatic rings. The van der Waals surface area contributed by atoms with Gasteiger partial charge in [0.2, 0.25) is 5.91 Å². The van der Waals surface area contributed by atoms with Gasteiger partial charge in [-0.2, -0.15) is 0 Å². The summed E-state index contributed by atoms with van der Waals surface area (Å²) >= 11 is 0. The number of hydrogen-bond donors (Lipinski definition) is 0. The summed E-state index contributed by atoms with van der Waals surface area (Å²) in [5.41, 5.74) is 10.4. The maximum atomic E-state index is 11.9. The summed E-state index contributed by atoms with van der Waals surface area (Å²) in [5.74, 6) is 0.189. The molecule has 0 aliphatic carbocycles. The van der Waals surface area contributed by atoms with Crippen LogP contribution in [0.3, 0.4) is 0 Å². The van der Waals surface area contributed by atoms with E-state index >= 15 is 0 Å². The number of nitrogens with one attached hydrogen (secondary N) is 1. The minimum absolute atomic E-state index is 0. The summed E-state index contributed by atoms with van der Waals surface area (Å²) in [6.45, 7) is 2.82. The maximum Gasteiger partial charge on any atom is 0.226 e. The number of fused-ring (bicyclic) bond motifs is 1. The molecule has 0 saturated carbocycles. The van der Waals surface area contributed by atoms with Gasteiger partial charge in [-0.05, 0) is 30.9 Å². The minimum Gasteiger partial charge on any atom is -0.698 e. The van der Waals surface area contributed by atoms with E-state index in [1.165, 1.54) is 0 Å². The van der Waals surface area contributed by atoms with Crippen molar-refractivity contribution in [3.05, 3.63) is 29.5 Å². The van der Waals surface area contributed by atoms with Crippen LogP contribution in [0.2, 0.25) is 0 Å². The standard InChI is InChI=1S/C13H17N2O.Ac/c1-2-5-13(16)15-9-4-6-10-11(14)7-3-8-12(10)15;/h3,7-8,14H,2,4-6,9H2,1H3;/q-1;. The first kappa shape index (κ1) is 15.0. The van der Waals surface area contributed by atoms with Crippen molar-refractivity contribution in [2.75, 3.05) is 11.4 Å². The number of carbonyl (C=O) groups is 1. The zero-order valence-corrected chi connectivity index (χ0v) is 14.9. The van der Waals surface area contributed by atoms with E-state index in [1.54, 1.807) is 6.07 Å². The number of benzene rings is 1. The van der Waals surface area contributed by atoms with Crippen molar-refractivity contribution in [3.8, 4) is 0 Å². The van der Waals surface area contributed by atoms with Gasteiger partial charge in [0.1, 0.15) is 0 Å². The molecule has 0 saturated heterocycles. The molecule has 1 aromatic rings. The summed E-state index contributed by atoms with van der Waals surface area (Å²) < 4.78 is 0. The van der Waals surface area contributed by atoms with E-state index in [9.17, 15) is 4.79 Å². The van der Waals surface area contributed by atoms with Crippen LogP contribution >= 0.6 is 0 Å². The molecule has 1 N–H and O–H groups in total. The van der Waals surface area contributed by atoms with Gasteiger partial charge in [-0.3, -0.25) is 4.79 Å². The van der Waals surface area contributed by atoms with E-state index in [2.05, 4.69) is 0 Å². The van der Waals surface area contributed by atoms with Crippen molar-refractivity contribution in [1.82, 2.24) is 0 Å². The third-order valence-corrected chi connectivity index (χ3v) is 3.02. The molecule has 4 heteroatoms. The normalized spacial score (nSPS) is 13.8. The minimum atomic E-state index is 0. The Labute approximate surface area is 138 Å². The molecule has 0 fully saturated rings. The number of anilines is 1. The number of rotatable bonds is 2. The molecule has 1 radical (unpaired) electrons. The SMILES string of the molecule is CCCC(=O)N1CCCc2c([NH-])cccc21.[Ac]. The van der Waals surface area contributed by atoms with Crippen LogP contribution in [0.5, 0.6) is 0 Å². The molecule has 17 heavy (non-hydrogen) atoms. The second kappa shape index (κ2) is 6.75. The van der Waals surface area contributed by atoms with Crippen molar-refractivity contribution in [2.24, 2.45) is 0 Å². The van der Waals surface area contributed by atoms with Crippen molar-refractivity contribution >= 4 is 17.3 Å².